The lowest BCUT2D eigenvalue weighted by atomic mass is 9.96. The maximum absolute atomic E-state index is 13.5. The minimum absolute atomic E-state index is 0.210. The molecule has 4 rings (SSSR count). The summed E-state index contributed by atoms with van der Waals surface area (Å²) in [5, 5.41) is 0.573. The number of hydrogen-bond donors (Lipinski definition) is 0. The molecule has 31 heavy (non-hydrogen) atoms. The molecule has 158 valence electrons. The minimum Gasteiger partial charge on any atom is -0.463 e. The highest BCUT2D eigenvalue weighted by Gasteiger charge is 2.33. The van der Waals surface area contributed by atoms with Crippen molar-refractivity contribution >= 4 is 50.9 Å². The monoisotopic (exact) mass is 516 g/mol. The number of carbonyl (C=O) groups excluding carboxylic acids is 1. The van der Waals surface area contributed by atoms with E-state index in [1.807, 2.05) is 42.5 Å². The number of rotatable bonds is 4. The van der Waals surface area contributed by atoms with Gasteiger partial charge in [0.25, 0.3) is 5.56 Å². The van der Waals surface area contributed by atoms with Crippen LogP contribution in [-0.4, -0.2) is 17.1 Å². The first-order chi connectivity index (χ1) is 14.9. The van der Waals surface area contributed by atoms with Gasteiger partial charge in [-0.05, 0) is 55.3 Å². The van der Waals surface area contributed by atoms with Crippen molar-refractivity contribution in [3.05, 3.63) is 100 Å². The number of nitrogens with zero attached hydrogens (tertiary/aromatic N) is 2. The van der Waals surface area contributed by atoms with E-state index in [1.54, 1.807) is 30.5 Å². The second-order valence-electron chi connectivity index (χ2n) is 6.91. The number of ether oxygens (including phenoxy) is 1. The van der Waals surface area contributed by atoms with Crippen LogP contribution in [0.2, 0.25) is 5.02 Å². The summed E-state index contributed by atoms with van der Waals surface area (Å²) in [6.45, 7) is 3.75. The summed E-state index contributed by atoms with van der Waals surface area (Å²) in [6.07, 6.45) is 1.83. The van der Waals surface area contributed by atoms with Gasteiger partial charge in [-0.15, -0.1) is 0 Å². The van der Waals surface area contributed by atoms with Gasteiger partial charge in [-0.3, -0.25) is 9.36 Å². The molecule has 0 fully saturated rings. The van der Waals surface area contributed by atoms with Crippen molar-refractivity contribution in [1.82, 2.24) is 4.57 Å². The van der Waals surface area contributed by atoms with E-state index >= 15 is 0 Å². The van der Waals surface area contributed by atoms with Gasteiger partial charge in [0.1, 0.15) is 0 Å². The Morgan fingerprint density at radius 2 is 2.03 bits per heavy atom. The Bertz CT molecular complexity index is 1370. The van der Waals surface area contributed by atoms with Gasteiger partial charge in [0, 0.05) is 9.50 Å². The van der Waals surface area contributed by atoms with Crippen LogP contribution in [0.25, 0.3) is 6.08 Å². The van der Waals surface area contributed by atoms with Gasteiger partial charge in [0.15, 0.2) is 4.80 Å². The molecule has 0 radical (unpaired) electrons. The summed E-state index contributed by atoms with van der Waals surface area (Å²) < 4.78 is 8.32. The molecule has 1 aliphatic rings. The van der Waals surface area contributed by atoms with Crippen molar-refractivity contribution in [3.63, 3.8) is 0 Å². The SMILES string of the molecule is CCOC(=O)C1=C(C)N=c2sc(=Cc3cccc(Br)c3)c(=O)n2[C@@H]1c1ccc(Cl)cc1. The van der Waals surface area contributed by atoms with Crippen LogP contribution in [0.1, 0.15) is 31.0 Å². The zero-order valence-corrected chi connectivity index (χ0v) is 19.9. The second-order valence-corrected chi connectivity index (χ2v) is 9.27. The van der Waals surface area contributed by atoms with Gasteiger partial charge >= 0.3 is 5.97 Å². The molecule has 8 heteroatoms. The Morgan fingerprint density at radius 3 is 2.71 bits per heavy atom. The van der Waals surface area contributed by atoms with E-state index in [2.05, 4.69) is 20.9 Å². The number of halogens is 2. The number of allylic oxidation sites excluding steroid dienone is 1. The quantitative estimate of drug-likeness (QED) is 0.487. The number of fused-ring (bicyclic) bond motifs is 1. The summed E-state index contributed by atoms with van der Waals surface area (Å²) >= 11 is 10.8. The van der Waals surface area contributed by atoms with E-state index in [4.69, 9.17) is 16.3 Å². The molecule has 0 unspecified atom stereocenters. The summed E-state index contributed by atoms with van der Waals surface area (Å²) in [5.41, 5.74) is 2.33. The standard InChI is InChI=1S/C23H18BrClN2O3S/c1-3-30-22(29)19-13(2)26-23-27(20(19)15-7-9-17(25)10-8-15)21(28)18(31-23)12-14-5-4-6-16(24)11-14/h4-12,20H,3H2,1-2H3/t20-/m1/s1. The molecule has 0 amide bonds. The van der Waals surface area contributed by atoms with Crippen molar-refractivity contribution in [3.8, 4) is 0 Å². The molecule has 0 spiro atoms. The van der Waals surface area contributed by atoms with Gasteiger partial charge in [0.2, 0.25) is 0 Å². The second kappa shape index (κ2) is 8.94. The van der Waals surface area contributed by atoms with Gasteiger partial charge in [-0.2, -0.15) is 0 Å². The number of benzene rings is 2. The Kier molecular flexibility index (Phi) is 6.27. The van der Waals surface area contributed by atoms with Crippen LogP contribution < -0.4 is 14.9 Å². The summed E-state index contributed by atoms with van der Waals surface area (Å²) in [5.74, 6) is -0.482. The summed E-state index contributed by atoms with van der Waals surface area (Å²) in [4.78, 5) is 31.4. The third-order valence-electron chi connectivity index (χ3n) is 4.85. The maximum atomic E-state index is 13.5. The average Bonchev–Trinajstić information content (AvgIpc) is 3.02. The van der Waals surface area contributed by atoms with Crippen LogP contribution in [0.3, 0.4) is 0 Å². The zero-order valence-electron chi connectivity index (χ0n) is 16.8. The summed E-state index contributed by atoms with van der Waals surface area (Å²) in [6, 6.07) is 14.2. The van der Waals surface area contributed by atoms with E-state index in [0.717, 1.165) is 15.6 Å². The number of esters is 1. The molecule has 0 saturated carbocycles. The van der Waals surface area contributed by atoms with E-state index in [0.29, 0.717) is 25.6 Å². The smallest absolute Gasteiger partial charge is 0.338 e. The van der Waals surface area contributed by atoms with E-state index in [1.165, 1.54) is 11.3 Å². The largest absolute Gasteiger partial charge is 0.463 e. The van der Waals surface area contributed by atoms with Crippen LogP contribution in [0.15, 0.2) is 74.1 Å². The molecule has 0 aliphatic carbocycles. The molecule has 0 saturated heterocycles. The summed E-state index contributed by atoms with van der Waals surface area (Å²) in [7, 11) is 0. The Hall–Kier alpha value is -2.48. The average molecular weight is 518 g/mol. The van der Waals surface area contributed by atoms with Crippen LogP contribution in [0.4, 0.5) is 0 Å². The van der Waals surface area contributed by atoms with Gasteiger partial charge < -0.3 is 4.74 Å². The van der Waals surface area contributed by atoms with Crippen molar-refractivity contribution in [2.24, 2.45) is 4.99 Å². The molecule has 1 aromatic heterocycles. The highest BCUT2D eigenvalue weighted by Crippen LogP contribution is 2.31. The first kappa shape index (κ1) is 21.7. The third-order valence-corrected chi connectivity index (χ3v) is 6.58. The number of thiazole rings is 1. The Balaban J connectivity index is 1.96. The molecule has 1 aliphatic heterocycles. The molecule has 3 aromatic rings. The van der Waals surface area contributed by atoms with Crippen LogP contribution in [0.5, 0.6) is 0 Å². The predicted octanol–water partition coefficient (Wildman–Crippen LogP) is 4.21. The number of carbonyl (C=O) groups is 1. The molecule has 1 atom stereocenters. The normalized spacial score (nSPS) is 16.1. The van der Waals surface area contributed by atoms with E-state index in [9.17, 15) is 9.59 Å². The third kappa shape index (κ3) is 4.31. The fraction of sp³-hybridized carbons (Fsp3) is 0.174. The van der Waals surface area contributed by atoms with Crippen molar-refractivity contribution in [2.45, 2.75) is 19.9 Å². The molecule has 5 nitrogen and oxygen atoms in total. The van der Waals surface area contributed by atoms with Crippen molar-refractivity contribution in [1.29, 1.82) is 0 Å². The number of aromatic nitrogens is 1. The lowest BCUT2D eigenvalue weighted by Crippen LogP contribution is -2.39. The fourth-order valence-electron chi connectivity index (χ4n) is 3.50. The molecule has 0 N–H and O–H groups in total. The van der Waals surface area contributed by atoms with Crippen LogP contribution in [0, 0.1) is 0 Å². The molecule has 2 aromatic carbocycles. The molecular formula is C23H18BrClN2O3S. The van der Waals surface area contributed by atoms with Gasteiger partial charge in [-0.1, -0.05) is 63.1 Å². The van der Waals surface area contributed by atoms with Crippen LogP contribution in [-0.2, 0) is 9.53 Å². The van der Waals surface area contributed by atoms with Crippen molar-refractivity contribution < 1.29 is 9.53 Å². The highest BCUT2D eigenvalue weighted by molar-refractivity contribution is 9.10. The first-order valence-corrected chi connectivity index (χ1v) is 11.6. The van der Waals surface area contributed by atoms with Crippen molar-refractivity contribution in [2.75, 3.05) is 6.61 Å². The molecule has 2 heterocycles. The first-order valence-electron chi connectivity index (χ1n) is 9.59. The predicted molar refractivity (Wildman–Crippen MR) is 126 cm³/mol. The maximum Gasteiger partial charge on any atom is 0.338 e. The molecule has 0 bridgehead atoms. The minimum atomic E-state index is -0.641. The van der Waals surface area contributed by atoms with Gasteiger partial charge in [-0.25, -0.2) is 9.79 Å². The molecular weight excluding hydrogens is 500 g/mol. The fourth-order valence-corrected chi connectivity index (χ4v) is 5.09. The number of hydrogen-bond acceptors (Lipinski definition) is 5. The van der Waals surface area contributed by atoms with E-state index < -0.39 is 12.0 Å². The highest BCUT2D eigenvalue weighted by atomic mass is 79.9. The van der Waals surface area contributed by atoms with Gasteiger partial charge in [0.05, 0.1) is 28.5 Å². The topological polar surface area (TPSA) is 60.7 Å². The Morgan fingerprint density at radius 1 is 1.29 bits per heavy atom. The van der Waals surface area contributed by atoms with E-state index in [-0.39, 0.29) is 12.2 Å². The lowest BCUT2D eigenvalue weighted by molar-refractivity contribution is -0.139. The zero-order chi connectivity index (χ0) is 22.1. The lowest BCUT2D eigenvalue weighted by Gasteiger charge is -2.24. The Labute approximate surface area is 196 Å². The van der Waals surface area contributed by atoms with Crippen LogP contribution >= 0.6 is 38.9 Å².